The van der Waals surface area contributed by atoms with Gasteiger partial charge in [-0.1, -0.05) is 0 Å². The van der Waals surface area contributed by atoms with Gasteiger partial charge in [-0.3, -0.25) is 0 Å². The lowest BCUT2D eigenvalue weighted by Gasteiger charge is -2.27. The van der Waals surface area contributed by atoms with Gasteiger partial charge in [0.25, 0.3) is 0 Å². The van der Waals surface area contributed by atoms with Gasteiger partial charge in [0.15, 0.2) is 0 Å². The topological polar surface area (TPSA) is 30.5 Å². The van der Waals surface area contributed by atoms with Crippen LogP contribution >= 0.6 is 0 Å². The Hall–Kier alpha value is -0.120. The van der Waals surface area contributed by atoms with Crippen molar-refractivity contribution >= 4 is 0 Å². The third kappa shape index (κ3) is 3.09. The minimum absolute atomic E-state index is 0.504. The average Bonchev–Trinajstić information content (AvgIpc) is 2.15. The van der Waals surface area contributed by atoms with Crippen molar-refractivity contribution in [1.29, 1.82) is 0 Å². The van der Waals surface area contributed by atoms with Crippen molar-refractivity contribution in [2.24, 2.45) is 5.92 Å². The molecule has 0 heterocycles. The maximum absolute atomic E-state index is 5.29. The molecule has 0 aliphatic heterocycles. The van der Waals surface area contributed by atoms with Crippen LogP contribution in [0.4, 0.5) is 0 Å². The second-order valence-corrected chi connectivity index (χ2v) is 3.43. The van der Waals surface area contributed by atoms with Gasteiger partial charge in [-0.25, -0.2) is 5.48 Å². The summed E-state index contributed by atoms with van der Waals surface area (Å²) >= 11 is 0. The summed E-state index contributed by atoms with van der Waals surface area (Å²) in [6, 6.07) is 0. The maximum Gasteiger partial charge on any atom is 0.0572 e. The van der Waals surface area contributed by atoms with Gasteiger partial charge < -0.3 is 9.57 Å². The van der Waals surface area contributed by atoms with Gasteiger partial charge in [0.2, 0.25) is 0 Å². The molecule has 3 nitrogen and oxygen atoms in total. The average molecular weight is 173 g/mol. The van der Waals surface area contributed by atoms with Crippen LogP contribution in [-0.4, -0.2) is 26.9 Å². The standard InChI is InChI=1S/C9H19NO2/c1-11-9-5-3-8(4-6-9)7-10-12-2/h8-10H,3-7H2,1-2H3. The Labute approximate surface area is 74.4 Å². The van der Waals surface area contributed by atoms with Crippen molar-refractivity contribution in [1.82, 2.24) is 5.48 Å². The van der Waals surface area contributed by atoms with E-state index in [0.29, 0.717) is 6.10 Å². The number of rotatable bonds is 4. The number of hydrogen-bond acceptors (Lipinski definition) is 3. The van der Waals surface area contributed by atoms with Crippen molar-refractivity contribution < 1.29 is 9.57 Å². The molecule has 12 heavy (non-hydrogen) atoms. The molecule has 1 rings (SSSR count). The quantitative estimate of drug-likeness (QED) is 0.651. The lowest BCUT2D eigenvalue weighted by molar-refractivity contribution is 0.0371. The van der Waals surface area contributed by atoms with Crippen LogP contribution in [0.15, 0.2) is 0 Å². The molecule has 0 saturated heterocycles. The van der Waals surface area contributed by atoms with Crippen LogP contribution in [-0.2, 0) is 9.57 Å². The molecule has 1 N–H and O–H groups in total. The van der Waals surface area contributed by atoms with Crippen LogP contribution in [0.5, 0.6) is 0 Å². The molecule has 0 aromatic heterocycles. The van der Waals surface area contributed by atoms with Gasteiger partial charge in [-0.05, 0) is 31.6 Å². The van der Waals surface area contributed by atoms with Crippen LogP contribution in [0, 0.1) is 5.92 Å². The first kappa shape index (κ1) is 9.96. The number of nitrogens with one attached hydrogen (secondary N) is 1. The van der Waals surface area contributed by atoms with Crippen LogP contribution in [0.25, 0.3) is 0 Å². The van der Waals surface area contributed by atoms with E-state index in [1.54, 1.807) is 14.2 Å². The molecule has 1 saturated carbocycles. The largest absolute Gasteiger partial charge is 0.381 e. The van der Waals surface area contributed by atoms with E-state index in [9.17, 15) is 0 Å². The summed E-state index contributed by atoms with van der Waals surface area (Å²) in [5, 5.41) is 0. The van der Waals surface area contributed by atoms with Crippen LogP contribution < -0.4 is 5.48 Å². The van der Waals surface area contributed by atoms with E-state index in [4.69, 9.17) is 9.57 Å². The first-order valence-electron chi connectivity index (χ1n) is 4.65. The van der Waals surface area contributed by atoms with Crippen LogP contribution in [0.2, 0.25) is 0 Å². The van der Waals surface area contributed by atoms with E-state index in [0.717, 1.165) is 12.5 Å². The van der Waals surface area contributed by atoms with Gasteiger partial charge in [-0.15, -0.1) is 0 Å². The minimum Gasteiger partial charge on any atom is -0.381 e. The summed E-state index contributed by atoms with van der Waals surface area (Å²) in [5.74, 6) is 0.774. The van der Waals surface area contributed by atoms with Gasteiger partial charge in [0, 0.05) is 13.7 Å². The minimum atomic E-state index is 0.504. The predicted molar refractivity (Wildman–Crippen MR) is 47.8 cm³/mol. The second-order valence-electron chi connectivity index (χ2n) is 3.43. The number of hydrogen-bond donors (Lipinski definition) is 1. The van der Waals surface area contributed by atoms with Crippen LogP contribution in [0.1, 0.15) is 25.7 Å². The molecular weight excluding hydrogens is 154 g/mol. The molecule has 0 spiro atoms. The van der Waals surface area contributed by atoms with Crippen molar-refractivity contribution in [3.63, 3.8) is 0 Å². The van der Waals surface area contributed by atoms with Gasteiger partial charge in [0.05, 0.1) is 13.2 Å². The summed E-state index contributed by atoms with van der Waals surface area (Å²) in [6.45, 7) is 0.979. The lowest BCUT2D eigenvalue weighted by Crippen LogP contribution is -2.28. The highest BCUT2D eigenvalue weighted by atomic mass is 16.6. The van der Waals surface area contributed by atoms with Crippen LogP contribution in [0.3, 0.4) is 0 Å². The molecule has 1 aliphatic carbocycles. The third-order valence-electron chi connectivity index (χ3n) is 2.64. The maximum atomic E-state index is 5.29. The lowest BCUT2D eigenvalue weighted by atomic mass is 9.87. The van der Waals surface area contributed by atoms with E-state index in [2.05, 4.69) is 5.48 Å². The van der Waals surface area contributed by atoms with E-state index in [1.807, 2.05) is 0 Å². The Morgan fingerprint density at radius 2 is 1.83 bits per heavy atom. The van der Waals surface area contributed by atoms with Gasteiger partial charge >= 0.3 is 0 Å². The molecule has 0 radical (unpaired) electrons. The number of methoxy groups -OCH3 is 1. The zero-order valence-corrected chi connectivity index (χ0v) is 8.01. The Morgan fingerprint density at radius 1 is 1.17 bits per heavy atom. The molecule has 72 valence electrons. The van der Waals surface area contributed by atoms with Gasteiger partial charge in [-0.2, -0.15) is 0 Å². The van der Waals surface area contributed by atoms with Crippen molar-refractivity contribution in [3.05, 3.63) is 0 Å². The molecule has 0 aromatic rings. The van der Waals surface area contributed by atoms with E-state index in [-0.39, 0.29) is 0 Å². The molecule has 3 heteroatoms. The predicted octanol–water partition coefficient (Wildman–Crippen LogP) is 1.34. The number of hydroxylamine groups is 1. The first-order chi connectivity index (χ1) is 5.86. The Kier molecular flexibility index (Phi) is 4.58. The summed E-state index contributed by atoms with van der Waals surface area (Å²) < 4.78 is 5.29. The van der Waals surface area contributed by atoms with Crippen molar-refractivity contribution in [2.75, 3.05) is 20.8 Å². The highest BCUT2D eigenvalue weighted by molar-refractivity contribution is 4.72. The highest BCUT2D eigenvalue weighted by Gasteiger charge is 2.20. The fraction of sp³-hybridized carbons (Fsp3) is 1.00. The summed E-state index contributed by atoms with van der Waals surface area (Å²) in [5.41, 5.74) is 2.91. The Bertz CT molecular complexity index is 111. The van der Waals surface area contributed by atoms with E-state index >= 15 is 0 Å². The van der Waals surface area contributed by atoms with E-state index < -0.39 is 0 Å². The van der Waals surface area contributed by atoms with E-state index in [1.165, 1.54) is 25.7 Å². The zero-order chi connectivity index (χ0) is 8.81. The molecule has 0 bridgehead atoms. The van der Waals surface area contributed by atoms with Gasteiger partial charge in [0.1, 0.15) is 0 Å². The van der Waals surface area contributed by atoms with Crippen molar-refractivity contribution in [2.45, 2.75) is 31.8 Å². The molecule has 1 fully saturated rings. The number of ether oxygens (including phenoxy) is 1. The third-order valence-corrected chi connectivity index (χ3v) is 2.64. The second kappa shape index (κ2) is 5.51. The molecular formula is C9H19NO2. The van der Waals surface area contributed by atoms with Crippen molar-refractivity contribution in [3.8, 4) is 0 Å². The molecule has 0 aromatic carbocycles. The highest BCUT2D eigenvalue weighted by Crippen LogP contribution is 2.24. The normalized spacial score (nSPS) is 30.5. The monoisotopic (exact) mass is 173 g/mol. The zero-order valence-electron chi connectivity index (χ0n) is 8.01. The fourth-order valence-corrected chi connectivity index (χ4v) is 1.77. The smallest absolute Gasteiger partial charge is 0.0572 e. The molecule has 0 unspecified atom stereocenters. The summed E-state index contributed by atoms with van der Waals surface area (Å²) in [4.78, 5) is 4.82. The SMILES string of the molecule is CONCC1CCC(OC)CC1. The first-order valence-corrected chi connectivity index (χ1v) is 4.65. The molecule has 0 atom stereocenters. The Balaban J connectivity index is 2.09. The fourth-order valence-electron chi connectivity index (χ4n) is 1.77. The summed E-state index contributed by atoms with van der Waals surface area (Å²) in [6.07, 6.45) is 5.42. The molecule has 1 aliphatic rings. The summed E-state index contributed by atoms with van der Waals surface area (Å²) in [7, 11) is 3.47. The Morgan fingerprint density at radius 3 is 2.33 bits per heavy atom. The molecule has 0 amide bonds.